The van der Waals surface area contributed by atoms with E-state index in [-0.39, 0.29) is 11.8 Å². The van der Waals surface area contributed by atoms with E-state index in [2.05, 4.69) is 20.3 Å². The first-order valence-electron chi connectivity index (χ1n) is 10.3. The normalized spacial score (nSPS) is 29.7. The topological polar surface area (TPSA) is 156 Å². The lowest BCUT2D eigenvalue weighted by Gasteiger charge is -2.29. The summed E-state index contributed by atoms with van der Waals surface area (Å²) >= 11 is 6.10. The fraction of sp³-hybridized carbons (Fsp3) is 0.647. The summed E-state index contributed by atoms with van der Waals surface area (Å²) in [4.78, 5) is 35.0. The van der Waals surface area contributed by atoms with E-state index in [1.165, 1.54) is 12.7 Å². The number of hydrogen-bond donors (Lipinski definition) is 3. The smallest absolute Gasteiger partial charge is 0.438 e. The first-order valence-corrected chi connectivity index (χ1v) is 12.3. The monoisotopic (exact) mass is 485 g/mol. The molecule has 0 aromatic carbocycles. The van der Waals surface area contributed by atoms with Gasteiger partial charge in [-0.15, -0.1) is 0 Å². The highest BCUT2D eigenvalue weighted by atomic mass is 35.5. The Morgan fingerprint density at radius 2 is 2.19 bits per heavy atom. The molecule has 5 atom stereocenters. The Labute approximate surface area is 191 Å². The molecule has 32 heavy (non-hydrogen) atoms. The molecule has 2 aromatic rings. The minimum Gasteiger partial charge on any atom is -0.438 e. The van der Waals surface area contributed by atoms with Crippen LogP contribution in [0.5, 0.6) is 0 Å². The van der Waals surface area contributed by atoms with Crippen molar-refractivity contribution in [1.29, 1.82) is 0 Å². The number of rotatable bonds is 8. The molecular weight excluding hydrogens is 461 g/mol. The second-order valence-electron chi connectivity index (χ2n) is 7.48. The van der Waals surface area contributed by atoms with Gasteiger partial charge in [-0.2, -0.15) is 9.05 Å². The summed E-state index contributed by atoms with van der Waals surface area (Å²) in [6.07, 6.45) is 2.51. The van der Waals surface area contributed by atoms with Crippen LogP contribution in [0.15, 0.2) is 12.7 Å². The number of nitrogens with one attached hydrogen (secondary N) is 1. The van der Waals surface area contributed by atoms with Crippen LogP contribution in [0.4, 0.5) is 4.79 Å². The van der Waals surface area contributed by atoms with Crippen LogP contribution in [0.1, 0.15) is 31.9 Å². The van der Waals surface area contributed by atoms with E-state index in [4.69, 9.17) is 43.4 Å². The summed E-state index contributed by atoms with van der Waals surface area (Å²) in [6, 6.07) is 0. The number of imidazole rings is 1. The third-order valence-corrected chi connectivity index (χ3v) is 6.55. The number of ether oxygens (including phenoxy) is 2. The molecule has 0 spiro atoms. The number of alkyl carbamates (subject to hydrolysis) is 1. The Morgan fingerprint density at radius 1 is 1.38 bits per heavy atom. The fourth-order valence-corrected chi connectivity index (χ4v) is 4.90. The summed E-state index contributed by atoms with van der Waals surface area (Å²) in [6.45, 7) is 1.08. The van der Waals surface area contributed by atoms with Crippen LogP contribution in [0.2, 0.25) is 5.15 Å². The van der Waals surface area contributed by atoms with Crippen LogP contribution in [-0.4, -0.2) is 76.1 Å². The summed E-state index contributed by atoms with van der Waals surface area (Å²) in [5, 5.41) is 2.90. The molecule has 172 valence electrons. The van der Waals surface area contributed by atoms with Crippen molar-refractivity contribution in [3.63, 3.8) is 0 Å². The van der Waals surface area contributed by atoms with Crippen molar-refractivity contribution < 1.29 is 28.2 Å². The zero-order chi connectivity index (χ0) is 22.7. The Hall–Kier alpha value is -1.60. The molecule has 0 aliphatic carbocycles. The molecule has 2 unspecified atom stereocenters. The van der Waals surface area contributed by atoms with Gasteiger partial charge in [0, 0.05) is 6.54 Å². The highest BCUT2D eigenvalue weighted by Gasteiger charge is 2.59. The maximum atomic E-state index is 12.5. The van der Waals surface area contributed by atoms with Gasteiger partial charge in [-0.3, -0.25) is 4.57 Å². The first-order chi connectivity index (χ1) is 15.4. The average molecular weight is 486 g/mol. The number of fused-ring (bicyclic) bond motifs is 2. The lowest BCUT2D eigenvalue weighted by atomic mass is 10.1. The van der Waals surface area contributed by atoms with Crippen LogP contribution in [0.3, 0.4) is 0 Å². The van der Waals surface area contributed by atoms with E-state index in [9.17, 15) is 9.69 Å². The van der Waals surface area contributed by atoms with Crippen molar-refractivity contribution in [2.75, 3.05) is 19.7 Å². The minimum atomic E-state index is -3.56. The lowest BCUT2D eigenvalue weighted by Crippen LogP contribution is -2.44. The molecule has 0 saturated carbocycles. The maximum Gasteiger partial charge on any atom is 0.488 e. The predicted octanol–water partition coefficient (Wildman–Crippen LogP) is 1.24. The molecule has 2 fully saturated rings. The van der Waals surface area contributed by atoms with Crippen LogP contribution in [0, 0.1) is 0 Å². The standard InChI is InChI=1S/C17H24BClN6O6P/c18-32(27)28-7-10-12(31-32)13(30-17(26)21-6-4-2-1-3-5-20)16(29-10)25-9-24-11-14(19)22-8-23-15(11)25/h8-10,12-13,16,27H,1-7,20H2,(H,21,26)/q+1/t10-,12+,13?,16-,32?/m1/s1. The van der Waals surface area contributed by atoms with E-state index in [0.29, 0.717) is 24.3 Å². The molecule has 12 nitrogen and oxygen atoms in total. The summed E-state index contributed by atoms with van der Waals surface area (Å²) in [5.74, 6) is 0. The highest BCUT2D eigenvalue weighted by Crippen LogP contribution is 2.59. The van der Waals surface area contributed by atoms with E-state index in [1.807, 2.05) is 0 Å². The molecule has 2 aliphatic heterocycles. The largest absolute Gasteiger partial charge is 0.488 e. The van der Waals surface area contributed by atoms with Gasteiger partial charge < -0.3 is 20.5 Å². The van der Waals surface area contributed by atoms with Crippen LogP contribution in [0.25, 0.3) is 11.2 Å². The molecule has 2 aliphatic rings. The molecule has 4 rings (SSSR count). The van der Waals surface area contributed by atoms with Crippen LogP contribution >= 0.6 is 19.4 Å². The lowest BCUT2D eigenvalue weighted by molar-refractivity contribution is -0.0606. The van der Waals surface area contributed by atoms with Gasteiger partial charge in [-0.05, 0) is 19.4 Å². The predicted molar refractivity (Wildman–Crippen MR) is 116 cm³/mol. The van der Waals surface area contributed by atoms with Gasteiger partial charge in [0.1, 0.15) is 24.6 Å². The van der Waals surface area contributed by atoms with Crippen molar-refractivity contribution in [1.82, 2.24) is 24.8 Å². The summed E-state index contributed by atoms with van der Waals surface area (Å²) in [5.41, 5.74) is 6.24. The zero-order valence-corrected chi connectivity index (χ0v) is 18.8. The number of carbonyl (C=O) groups is 1. The molecule has 2 aromatic heterocycles. The SMILES string of the molecule is [B][P+]1(O)OC[C@H]2O[C@@H](n3cnc4c(Cl)ncnc43)C(OC(=O)NCCCCCCN)[C@H]2O1. The Bertz CT molecular complexity index is 953. The van der Waals surface area contributed by atoms with E-state index >= 15 is 0 Å². The van der Waals surface area contributed by atoms with Gasteiger partial charge in [0.05, 0.1) is 6.33 Å². The minimum absolute atomic E-state index is 0.0209. The number of nitrogens with zero attached hydrogens (tertiary/aromatic N) is 4. The summed E-state index contributed by atoms with van der Waals surface area (Å²) < 4.78 is 24.0. The van der Waals surface area contributed by atoms with Gasteiger partial charge in [0.25, 0.3) is 0 Å². The Balaban J connectivity index is 1.50. The fourth-order valence-electron chi connectivity index (χ4n) is 3.69. The van der Waals surface area contributed by atoms with Crippen molar-refractivity contribution in [2.24, 2.45) is 5.73 Å². The van der Waals surface area contributed by atoms with Crippen molar-refractivity contribution in [3.8, 4) is 0 Å². The molecule has 2 radical (unpaired) electrons. The van der Waals surface area contributed by atoms with E-state index in [0.717, 1.165) is 25.7 Å². The summed E-state index contributed by atoms with van der Waals surface area (Å²) in [7, 11) is 2.13. The quantitative estimate of drug-likeness (QED) is 0.215. The van der Waals surface area contributed by atoms with Gasteiger partial charge in [-0.1, -0.05) is 24.4 Å². The Kier molecular flexibility index (Phi) is 7.45. The second-order valence-corrected chi connectivity index (χ2v) is 9.44. The zero-order valence-electron chi connectivity index (χ0n) is 17.2. The first kappa shape index (κ1) is 23.6. The number of unbranched alkanes of at least 4 members (excludes halogenated alkanes) is 3. The van der Waals surface area contributed by atoms with Crippen molar-refractivity contribution in [2.45, 2.75) is 50.2 Å². The van der Waals surface area contributed by atoms with Crippen molar-refractivity contribution >= 4 is 44.2 Å². The highest BCUT2D eigenvalue weighted by molar-refractivity contribution is 7.85. The number of hydrogen-bond acceptors (Lipinski definition) is 10. The third-order valence-electron chi connectivity index (χ3n) is 5.21. The number of nitrogens with two attached hydrogens (primary N) is 1. The van der Waals surface area contributed by atoms with E-state index < -0.39 is 38.5 Å². The molecule has 4 heterocycles. The third kappa shape index (κ3) is 5.14. The second kappa shape index (κ2) is 10.1. The molecule has 2 saturated heterocycles. The average Bonchev–Trinajstić information content (AvgIpc) is 3.32. The number of carbonyl (C=O) groups excluding carboxylic acids is 1. The van der Waals surface area contributed by atoms with Gasteiger partial charge in [0.15, 0.2) is 29.2 Å². The number of halogens is 1. The van der Waals surface area contributed by atoms with Gasteiger partial charge in [0.2, 0.25) is 0 Å². The molecule has 1 amide bonds. The molecule has 15 heteroatoms. The van der Waals surface area contributed by atoms with Crippen LogP contribution < -0.4 is 11.1 Å². The van der Waals surface area contributed by atoms with Gasteiger partial charge >= 0.3 is 21.5 Å². The van der Waals surface area contributed by atoms with Gasteiger partial charge in [-0.25, -0.2) is 24.6 Å². The van der Waals surface area contributed by atoms with Crippen LogP contribution in [-0.2, 0) is 18.5 Å². The number of amides is 1. The number of aromatic nitrogens is 4. The van der Waals surface area contributed by atoms with Crippen molar-refractivity contribution in [3.05, 3.63) is 17.8 Å². The molecule has 0 bridgehead atoms. The maximum absolute atomic E-state index is 12.5. The van der Waals surface area contributed by atoms with E-state index in [1.54, 1.807) is 4.57 Å². The molecular formula is C17H24BClN6O6P+. The Morgan fingerprint density at radius 3 is 3.00 bits per heavy atom. The molecule has 4 N–H and O–H groups in total.